The summed E-state index contributed by atoms with van der Waals surface area (Å²) < 4.78 is 11.2. The summed E-state index contributed by atoms with van der Waals surface area (Å²) >= 11 is 0. The number of carbonyl (C=O) groups is 3. The predicted octanol–water partition coefficient (Wildman–Crippen LogP) is 7.60. The second-order valence-electron chi connectivity index (χ2n) is 12.5. The van der Waals surface area contributed by atoms with Gasteiger partial charge in [0.05, 0.1) is 14.2 Å². The fourth-order valence-corrected chi connectivity index (χ4v) is 7.13. The Balaban J connectivity index is 1.21. The number of hydrogen-bond donors (Lipinski definition) is 1. The van der Waals surface area contributed by atoms with Gasteiger partial charge in [-0.05, 0) is 92.5 Å². The summed E-state index contributed by atoms with van der Waals surface area (Å²) in [5.41, 5.74) is 1.58. The first kappa shape index (κ1) is 32.1. The van der Waals surface area contributed by atoms with Crippen molar-refractivity contribution < 1.29 is 33.8 Å². The largest absolute Gasteiger partial charge is 0.497 e. The number of aliphatic hydroxyl groups is 1. The minimum Gasteiger partial charge on any atom is -0.497 e. The number of ether oxygens (including phenoxy) is 2. The van der Waals surface area contributed by atoms with Gasteiger partial charge in [-0.3, -0.25) is 9.59 Å². The van der Waals surface area contributed by atoms with Crippen LogP contribution in [0.25, 0.3) is 32.3 Å². The van der Waals surface area contributed by atoms with E-state index in [1.165, 1.54) is 5.39 Å². The van der Waals surface area contributed by atoms with Crippen molar-refractivity contribution in [3.63, 3.8) is 0 Å². The molecule has 0 bridgehead atoms. The van der Waals surface area contributed by atoms with Crippen LogP contribution in [0.4, 0.5) is 0 Å². The third kappa shape index (κ3) is 5.82. The molecule has 1 N–H and O–H groups in total. The van der Waals surface area contributed by atoms with E-state index in [9.17, 15) is 19.5 Å². The number of aryl methyl sites for hydroxylation is 1. The Morgan fingerprint density at radius 2 is 1.39 bits per heavy atom. The van der Waals surface area contributed by atoms with Crippen LogP contribution >= 0.6 is 0 Å². The molecule has 0 aromatic heterocycles. The lowest BCUT2D eigenvalue weighted by molar-refractivity contribution is -0.197. The summed E-state index contributed by atoms with van der Waals surface area (Å²) in [6.07, 6.45) is 2.87. The highest BCUT2D eigenvalue weighted by Gasteiger charge is 2.37. The first-order valence-electron chi connectivity index (χ1n) is 16.6. The summed E-state index contributed by atoms with van der Waals surface area (Å²) in [6, 6.07) is 32.3. The van der Waals surface area contributed by atoms with Gasteiger partial charge in [-0.2, -0.15) is 0 Å². The molecule has 6 aromatic carbocycles. The quantitative estimate of drug-likeness (QED) is 0.0627. The average Bonchev–Trinajstić information content (AvgIpc) is 3.45. The Morgan fingerprint density at radius 1 is 0.735 bits per heavy atom. The molecule has 2 amide bonds. The molecule has 0 radical (unpaired) electrons. The molecule has 49 heavy (non-hydrogen) atoms. The van der Waals surface area contributed by atoms with Crippen molar-refractivity contribution in [1.82, 2.24) is 5.06 Å². The van der Waals surface area contributed by atoms with Crippen LogP contribution in [0.15, 0.2) is 97.1 Å². The zero-order valence-electron chi connectivity index (χ0n) is 27.5. The molecule has 1 atom stereocenters. The van der Waals surface area contributed by atoms with Gasteiger partial charge in [-0.25, -0.2) is 4.79 Å². The smallest absolute Gasteiger partial charge is 0.333 e. The highest BCUT2D eigenvalue weighted by Crippen LogP contribution is 2.45. The molecule has 8 nitrogen and oxygen atoms in total. The van der Waals surface area contributed by atoms with Crippen LogP contribution in [0.5, 0.6) is 11.5 Å². The van der Waals surface area contributed by atoms with Crippen LogP contribution in [0.1, 0.15) is 60.8 Å². The van der Waals surface area contributed by atoms with E-state index in [4.69, 9.17) is 14.3 Å². The topological polar surface area (TPSA) is 102 Å². The summed E-state index contributed by atoms with van der Waals surface area (Å²) in [5.74, 6) is -0.161. The second-order valence-corrected chi connectivity index (χ2v) is 12.5. The molecule has 0 saturated carbocycles. The zero-order chi connectivity index (χ0) is 34.1. The lowest BCUT2D eigenvalue weighted by Gasteiger charge is -2.32. The third-order valence-corrected chi connectivity index (χ3v) is 9.65. The van der Waals surface area contributed by atoms with Crippen molar-refractivity contribution in [2.75, 3.05) is 14.2 Å². The minimum absolute atomic E-state index is 0.0668. The van der Waals surface area contributed by atoms with E-state index < -0.39 is 23.4 Å². The van der Waals surface area contributed by atoms with Gasteiger partial charge in [0.25, 0.3) is 11.8 Å². The molecular weight excluding hydrogens is 618 g/mol. The number of benzene rings is 6. The zero-order valence-corrected chi connectivity index (χ0v) is 27.5. The van der Waals surface area contributed by atoms with Crippen LogP contribution in [0.3, 0.4) is 0 Å². The van der Waals surface area contributed by atoms with Crippen LogP contribution in [-0.2, 0) is 31.2 Å². The van der Waals surface area contributed by atoms with Gasteiger partial charge in [-0.15, -0.1) is 5.06 Å². The van der Waals surface area contributed by atoms with Gasteiger partial charge in [0.1, 0.15) is 17.1 Å². The molecule has 1 aliphatic rings. The lowest BCUT2D eigenvalue weighted by Crippen LogP contribution is -2.31. The Hall–Kier alpha value is -5.47. The number of carbonyl (C=O) groups excluding carboxylic acids is 3. The van der Waals surface area contributed by atoms with Crippen LogP contribution in [-0.4, -0.2) is 42.2 Å². The van der Waals surface area contributed by atoms with Crippen LogP contribution in [0.2, 0.25) is 0 Å². The molecule has 1 heterocycles. The number of nitrogens with zero attached hydrogens (tertiary/aromatic N) is 1. The molecule has 0 spiro atoms. The standard InChI is InChI=1S/C41H37NO7/c1-47-32-18-15-30(16-19-32)41(46,34-21-14-28-12-11-26-8-6-9-27-13-20-33(34)40(28)39(26)27)31-17-22-35(48-2)29(25-31)7-4-3-5-10-38(45)49-42-36(43)23-24-37(42)44/h6,8-9,11-22,25,46H,3-5,7,10,23-24H2,1-2H3. The molecule has 0 aliphatic carbocycles. The second kappa shape index (κ2) is 13.2. The van der Waals surface area contributed by atoms with E-state index in [1.54, 1.807) is 14.2 Å². The molecule has 1 unspecified atom stereocenters. The maximum atomic E-state index is 13.1. The van der Waals surface area contributed by atoms with Gasteiger partial charge in [0.2, 0.25) is 0 Å². The van der Waals surface area contributed by atoms with Crippen molar-refractivity contribution in [2.45, 2.75) is 50.5 Å². The normalized spacial score (nSPS) is 14.6. The Morgan fingerprint density at radius 3 is 2.08 bits per heavy atom. The number of unbranched alkanes of at least 4 members (excludes halogenated alkanes) is 2. The molecule has 248 valence electrons. The van der Waals surface area contributed by atoms with Gasteiger partial charge < -0.3 is 19.4 Å². The number of imide groups is 1. The third-order valence-electron chi connectivity index (χ3n) is 9.65. The number of hydrogen-bond acceptors (Lipinski definition) is 7. The van der Waals surface area contributed by atoms with Gasteiger partial charge in [0, 0.05) is 24.8 Å². The maximum Gasteiger partial charge on any atom is 0.333 e. The van der Waals surface area contributed by atoms with E-state index in [0.29, 0.717) is 47.0 Å². The summed E-state index contributed by atoms with van der Waals surface area (Å²) in [7, 11) is 3.25. The van der Waals surface area contributed by atoms with Crippen LogP contribution in [0, 0.1) is 0 Å². The van der Waals surface area contributed by atoms with Gasteiger partial charge >= 0.3 is 5.97 Å². The first-order chi connectivity index (χ1) is 23.8. The van der Waals surface area contributed by atoms with Crippen molar-refractivity contribution in [1.29, 1.82) is 0 Å². The molecule has 7 rings (SSSR count). The minimum atomic E-state index is -1.52. The van der Waals surface area contributed by atoms with Crippen molar-refractivity contribution in [2.24, 2.45) is 0 Å². The molecule has 8 heteroatoms. The molecular formula is C41H37NO7. The number of amides is 2. The monoisotopic (exact) mass is 655 g/mol. The number of rotatable bonds is 12. The molecule has 6 aromatic rings. The highest BCUT2D eigenvalue weighted by molar-refractivity contribution is 6.23. The fourth-order valence-electron chi connectivity index (χ4n) is 7.13. The van der Waals surface area contributed by atoms with Crippen molar-refractivity contribution >= 4 is 50.1 Å². The van der Waals surface area contributed by atoms with E-state index >= 15 is 0 Å². The first-order valence-corrected chi connectivity index (χ1v) is 16.6. The maximum absolute atomic E-state index is 13.1. The predicted molar refractivity (Wildman–Crippen MR) is 188 cm³/mol. The van der Waals surface area contributed by atoms with E-state index in [1.807, 2.05) is 48.5 Å². The summed E-state index contributed by atoms with van der Waals surface area (Å²) in [4.78, 5) is 40.8. The van der Waals surface area contributed by atoms with Gasteiger partial charge in [-0.1, -0.05) is 79.2 Å². The summed E-state index contributed by atoms with van der Waals surface area (Å²) in [6.45, 7) is 0. The van der Waals surface area contributed by atoms with E-state index in [0.717, 1.165) is 44.5 Å². The fraction of sp³-hybridized carbons (Fsp3) is 0.244. The van der Waals surface area contributed by atoms with E-state index in [-0.39, 0.29) is 19.3 Å². The van der Waals surface area contributed by atoms with E-state index in [2.05, 4.69) is 48.5 Å². The van der Waals surface area contributed by atoms with Gasteiger partial charge in [0.15, 0.2) is 0 Å². The van der Waals surface area contributed by atoms with Crippen molar-refractivity contribution in [3.8, 4) is 11.5 Å². The SMILES string of the molecule is COc1ccc(C(O)(c2ccc(OC)c(CCCCCC(=O)ON3C(=O)CCC3=O)c2)c2ccc3ccc4cccc5ccc2c3c45)cc1. The number of hydroxylamine groups is 2. The summed E-state index contributed by atoms with van der Waals surface area (Å²) in [5, 5.41) is 20.4. The number of methoxy groups -OCH3 is 2. The molecule has 1 aliphatic heterocycles. The molecule has 1 fully saturated rings. The lowest BCUT2D eigenvalue weighted by atomic mass is 9.76. The Kier molecular flexibility index (Phi) is 8.65. The van der Waals surface area contributed by atoms with Crippen LogP contribution < -0.4 is 9.47 Å². The average molecular weight is 656 g/mol. The Labute approximate surface area is 284 Å². The molecule has 1 saturated heterocycles. The van der Waals surface area contributed by atoms with Crippen molar-refractivity contribution in [3.05, 3.63) is 119 Å². The highest BCUT2D eigenvalue weighted by atomic mass is 16.7. The Bertz CT molecular complexity index is 2160.